The molecular weight excluding hydrogens is 362 g/mol. The summed E-state index contributed by atoms with van der Waals surface area (Å²) < 4.78 is 5.21. The minimum atomic E-state index is -0.176. The molecule has 0 unspecified atom stereocenters. The smallest absolute Gasteiger partial charge is 0.228 e. The molecule has 1 amide bonds. The first-order chi connectivity index (χ1) is 13.0. The summed E-state index contributed by atoms with van der Waals surface area (Å²) in [5.74, 6) is 0.0629. The van der Waals surface area contributed by atoms with Gasteiger partial charge in [-0.3, -0.25) is 9.59 Å². The molecule has 4 rings (SSSR count). The molecule has 4 nitrogen and oxygen atoms in total. The van der Waals surface area contributed by atoms with E-state index in [1.807, 2.05) is 36.4 Å². The third-order valence-corrected chi connectivity index (χ3v) is 4.82. The molecule has 0 N–H and O–H groups in total. The Hall–Kier alpha value is -3.11. The van der Waals surface area contributed by atoms with Crippen molar-refractivity contribution < 1.29 is 14.0 Å². The lowest BCUT2D eigenvalue weighted by Crippen LogP contribution is -2.29. The number of benzene rings is 2. The Labute approximate surface area is 161 Å². The minimum absolute atomic E-state index is 0.0597. The molecule has 1 aliphatic rings. The lowest BCUT2D eigenvalue weighted by Gasteiger charge is -2.26. The van der Waals surface area contributed by atoms with Crippen molar-refractivity contribution in [3.63, 3.8) is 0 Å². The molecule has 2 heterocycles. The van der Waals surface area contributed by atoms with E-state index >= 15 is 0 Å². The second kappa shape index (κ2) is 6.89. The maximum atomic E-state index is 12.6. The maximum Gasteiger partial charge on any atom is 0.228 e. The molecule has 2 aromatic carbocycles. The van der Waals surface area contributed by atoms with Crippen LogP contribution in [0, 0.1) is 0 Å². The molecule has 0 bridgehead atoms. The Bertz CT molecular complexity index is 1070. The lowest BCUT2D eigenvalue weighted by molar-refractivity contribution is -0.116. The van der Waals surface area contributed by atoms with E-state index in [1.54, 1.807) is 29.2 Å². The average Bonchev–Trinajstić information content (AvgIpc) is 3.17. The molecule has 0 radical (unpaired) electrons. The minimum Gasteiger partial charge on any atom is -0.461 e. The van der Waals surface area contributed by atoms with Crippen LogP contribution in [0.15, 0.2) is 59.2 Å². The molecule has 5 heteroatoms. The first kappa shape index (κ1) is 17.3. The van der Waals surface area contributed by atoms with Crippen LogP contribution in [0.2, 0.25) is 5.02 Å². The van der Waals surface area contributed by atoms with Gasteiger partial charge in [-0.05, 0) is 53.1 Å². The third-order valence-electron chi connectivity index (χ3n) is 4.58. The van der Waals surface area contributed by atoms with Crippen LogP contribution >= 0.6 is 11.6 Å². The summed E-state index contributed by atoms with van der Waals surface area (Å²) in [5.41, 5.74) is 4.03. The summed E-state index contributed by atoms with van der Waals surface area (Å²) in [7, 11) is 0. The van der Waals surface area contributed by atoms with Crippen molar-refractivity contribution in [2.45, 2.75) is 13.5 Å². The number of hydrogen-bond donors (Lipinski definition) is 0. The highest BCUT2D eigenvalue weighted by Crippen LogP contribution is 2.31. The van der Waals surface area contributed by atoms with E-state index in [4.69, 9.17) is 16.0 Å². The van der Waals surface area contributed by atoms with E-state index in [0.29, 0.717) is 22.9 Å². The van der Waals surface area contributed by atoms with Gasteiger partial charge in [0, 0.05) is 17.5 Å². The number of carbonyl (C=O) groups is 2. The molecular formula is C22H16ClNO3. The monoisotopic (exact) mass is 377 g/mol. The van der Waals surface area contributed by atoms with Crippen LogP contribution in [-0.4, -0.2) is 11.7 Å². The van der Waals surface area contributed by atoms with Crippen molar-refractivity contribution in [3.8, 4) is 0 Å². The summed E-state index contributed by atoms with van der Waals surface area (Å²) >= 11 is 6.13. The van der Waals surface area contributed by atoms with E-state index < -0.39 is 0 Å². The van der Waals surface area contributed by atoms with Crippen LogP contribution < -0.4 is 4.90 Å². The predicted molar refractivity (Wildman–Crippen MR) is 106 cm³/mol. The first-order valence-corrected chi connectivity index (χ1v) is 8.87. The molecule has 0 saturated heterocycles. The number of amides is 1. The highest BCUT2D eigenvalue weighted by Gasteiger charge is 2.20. The number of rotatable bonds is 2. The van der Waals surface area contributed by atoms with Crippen molar-refractivity contribution >= 4 is 41.1 Å². The normalized spacial score (nSPS) is 13.9. The zero-order valence-corrected chi connectivity index (χ0v) is 15.4. The summed E-state index contributed by atoms with van der Waals surface area (Å²) in [6.45, 7) is 1.96. The number of halogens is 1. The second-order valence-corrected chi connectivity index (χ2v) is 6.80. The van der Waals surface area contributed by atoms with E-state index in [2.05, 4.69) is 0 Å². The number of carbonyl (C=O) groups excluding carboxylic acids is 2. The highest BCUT2D eigenvalue weighted by atomic mass is 35.5. The number of ketones is 1. The molecule has 0 fully saturated rings. The SMILES string of the molecule is CC(=O)N1Cc2ccc(C(=O)c3ccco3)cc2/C=C\c2cc(Cl)ccc21. The molecule has 0 atom stereocenters. The van der Waals surface area contributed by atoms with Gasteiger partial charge in [0.2, 0.25) is 11.7 Å². The molecule has 0 saturated carbocycles. The zero-order valence-electron chi connectivity index (χ0n) is 14.6. The Morgan fingerprint density at radius 1 is 1.04 bits per heavy atom. The number of anilines is 1. The van der Waals surface area contributed by atoms with Gasteiger partial charge in [0.1, 0.15) is 0 Å². The van der Waals surface area contributed by atoms with Crippen molar-refractivity contribution in [1.29, 1.82) is 0 Å². The van der Waals surface area contributed by atoms with Crippen LogP contribution in [0.3, 0.4) is 0 Å². The summed E-state index contributed by atoms with van der Waals surface area (Å²) in [6.07, 6.45) is 5.34. The maximum absolute atomic E-state index is 12.6. The van der Waals surface area contributed by atoms with Gasteiger partial charge in [0.25, 0.3) is 0 Å². The van der Waals surface area contributed by atoms with E-state index in [0.717, 1.165) is 22.4 Å². The van der Waals surface area contributed by atoms with Crippen molar-refractivity contribution in [1.82, 2.24) is 0 Å². The number of furan rings is 1. The molecule has 0 spiro atoms. The standard InChI is InChI=1S/C22H16ClNO3/c1-14(25)24-13-18-7-6-17(22(26)21-3-2-10-27-21)11-15(18)4-5-16-12-19(23)8-9-20(16)24/h2-12H,13H2,1H3/b5-4-. The third kappa shape index (κ3) is 3.32. The summed E-state index contributed by atoms with van der Waals surface area (Å²) in [4.78, 5) is 26.5. The number of fused-ring (bicyclic) bond motifs is 2. The first-order valence-electron chi connectivity index (χ1n) is 8.50. The number of nitrogens with zero attached hydrogens (tertiary/aromatic N) is 1. The second-order valence-electron chi connectivity index (χ2n) is 6.36. The quantitative estimate of drug-likeness (QED) is 0.576. The van der Waals surface area contributed by atoms with Crippen LogP contribution in [0.1, 0.15) is 39.7 Å². The predicted octanol–water partition coefficient (Wildman–Crippen LogP) is 5.20. The number of hydrogen-bond acceptors (Lipinski definition) is 3. The largest absolute Gasteiger partial charge is 0.461 e. The molecule has 134 valence electrons. The fourth-order valence-electron chi connectivity index (χ4n) is 3.21. The lowest BCUT2D eigenvalue weighted by atomic mass is 9.97. The van der Waals surface area contributed by atoms with Crippen LogP contribution in [-0.2, 0) is 11.3 Å². The molecule has 1 aromatic heterocycles. The molecule has 3 aromatic rings. The van der Waals surface area contributed by atoms with Crippen molar-refractivity contribution in [2.75, 3.05) is 4.90 Å². The molecule has 1 aliphatic heterocycles. The van der Waals surface area contributed by atoms with Crippen molar-refractivity contribution in [2.24, 2.45) is 0 Å². The van der Waals surface area contributed by atoms with E-state index in [1.165, 1.54) is 13.2 Å². The Kier molecular flexibility index (Phi) is 4.42. The van der Waals surface area contributed by atoms with Crippen LogP contribution in [0.5, 0.6) is 0 Å². The Morgan fingerprint density at radius 3 is 2.59 bits per heavy atom. The highest BCUT2D eigenvalue weighted by molar-refractivity contribution is 6.30. The van der Waals surface area contributed by atoms with E-state index in [9.17, 15) is 9.59 Å². The van der Waals surface area contributed by atoms with Gasteiger partial charge in [-0.15, -0.1) is 0 Å². The van der Waals surface area contributed by atoms with Gasteiger partial charge >= 0.3 is 0 Å². The summed E-state index contributed by atoms with van der Waals surface area (Å²) in [5, 5.41) is 0.601. The van der Waals surface area contributed by atoms with E-state index in [-0.39, 0.29) is 11.7 Å². The molecule has 27 heavy (non-hydrogen) atoms. The fraction of sp³-hybridized carbons (Fsp3) is 0.0909. The van der Waals surface area contributed by atoms with Gasteiger partial charge in [0.15, 0.2) is 5.76 Å². The van der Waals surface area contributed by atoms with Gasteiger partial charge in [-0.1, -0.05) is 35.9 Å². The van der Waals surface area contributed by atoms with Crippen LogP contribution in [0.25, 0.3) is 12.2 Å². The average molecular weight is 378 g/mol. The molecule has 0 aliphatic carbocycles. The zero-order chi connectivity index (χ0) is 19.0. The topological polar surface area (TPSA) is 50.5 Å². The van der Waals surface area contributed by atoms with Gasteiger partial charge in [-0.25, -0.2) is 0 Å². The Morgan fingerprint density at radius 2 is 1.85 bits per heavy atom. The van der Waals surface area contributed by atoms with Gasteiger partial charge in [-0.2, -0.15) is 0 Å². The van der Waals surface area contributed by atoms with Crippen molar-refractivity contribution in [3.05, 3.63) is 87.8 Å². The summed E-state index contributed by atoms with van der Waals surface area (Å²) in [6, 6.07) is 14.3. The van der Waals surface area contributed by atoms with Crippen LogP contribution in [0.4, 0.5) is 5.69 Å². The van der Waals surface area contributed by atoms with Gasteiger partial charge < -0.3 is 9.32 Å². The van der Waals surface area contributed by atoms with Gasteiger partial charge in [0.05, 0.1) is 18.5 Å². The Balaban J connectivity index is 1.81. The fourth-order valence-corrected chi connectivity index (χ4v) is 3.39.